The van der Waals surface area contributed by atoms with Gasteiger partial charge in [0.05, 0.1) is 0 Å². The van der Waals surface area contributed by atoms with Crippen LogP contribution in [-0.2, 0) is 0 Å². The van der Waals surface area contributed by atoms with Crippen molar-refractivity contribution in [2.75, 3.05) is 33.2 Å². The minimum Gasteiger partial charge on any atom is -0.304 e. The van der Waals surface area contributed by atoms with Crippen molar-refractivity contribution in [3.8, 4) is 0 Å². The Kier molecular flexibility index (Phi) is 5.38. The van der Waals surface area contributed by atoms with E-state index in [4.69, 9.17) is 0 Å². The van der Waals surface area contributed by atoms with Gasteiger partial charge in [-0.2, -0.15) is 0 Å². The largest absolute Gasteiger partial charge is 0.304 e. The molecule has 1 aromatic rings. The second-order valence-electron chi connectivity index (χ2n) is 6.45. The maximum atomic E-state index is 2.65. The van der Waals surface area contributed by atoms with Crippen molar-refractivity contribution in [1.29, 1.82) is 0 Å². The van der Waals surface area contributed by atoms with Gasteiger partial charge in [-0.25, -0.2) is 0 Å². The van der Waals surface area contributed by atoms with E-state index in [1.807, 2.05) is 0 Å². The van der Waals surface area contributed by atoms with E-state index in [2.05, 4.69) is 74.0 Å². The average Bonchev–Trinajstić information content (AvgIpc) is 2.41. The zero-order chi connectivity index (χ0) is 14.5. The molecule has 1 aromatic carbocycles. The van der Waals surface area contributed by atoms with Crippen LogP contribution in [0.25, 0.3) is 6.08 Å². The summed E-state index contributed by atoms with van der Waals surface area (Å²) in [4.78, 5) is 5.11. The number of likely N-dealkylation sites (N-methyl/N-ethyl adjacent to an activating group) is 1. The van der Waals surface area contributed by atoms with E-state index in [1.165, 1.54) is 30.8 Å². The van der Waals surface area contributed by atoms with E-state index in [0.717, 1.165) is 6.54 Å². The summed E-state index contributed by atoms with van der Waals surface area (Å²) in [6.45, 7) is 11.6. The van der Waals surface area contributed by atoms with Gasteiger partial charge in [0.2, 0.25) is 0 Å². The van der Waals surface area contributed by atoms with Crippen molar-refractivity contribution in [2.24, 2.45) is 5.92 Å². The minimum atomic E-state index is 0.674. The summed E-state index contributed by atoms with van der Waals surface area (Å²) in [5, 5.41) is 0. The lowest BCUT2D eigenvalue weighted by Gasteiger charge is -2.42. The molecule has 1 saturated heterocycles. The zero-order valence-electron chi connectivity index (χ0n) is 13.3. The molecule has 0 aromatic heterocycles. The molecular weight excluding hydrogens is 244 g/mol. The predicted molar refractivity (Wildman–Crippen MR) is 87.8 cm³/mol. The molecule has 1 unspecified atom stereocenters. The van der Waals surface area contributed by atoms with Crippen molar-refractivity contribution >= 4 is 6.08 Å². The standard InChI is InChI=1S/C18H28N2/c1-15(2)18-14-19(4)10-11-20(18)13-16(3)12-17-8-6-5-7-9-17/h5-9,12,15,18H,10-11,13-14H2,1-4H3/b16-12+. The topological polar surface area (TPSA) is 6.48 Å². The van der Waals surface area contributed by atoms with Crippen LogP contribution in [0.5, 0.6) is 0 Å². The second kappa shape index (κ2) is 7.05. The Hall–Kier alpha value is -1.12. The van der Waals surface area contributed by atoms with Crippen LogP contribution in [0.3, 0.4) is 0 Å². The highest BCUT2D eigenvalue weighted by Gasteiger charge is 2.27. The van der Waals surface area contributed by atoms with Gasteiger partial charge in [0.15, 0.2) is 0 Å². The summed E-state index contributed by atoms with van der Waals surface area (Å²) in [6, 6.07) is 11.3. The van der Waals surface area contributed by atoms with Gasteiger partial charge in [0.25, 0.3) is 0 Å². The normalized spacial score (nSPS) is 22.4. The molecule has 1 atom stereocenters. The highest BCUT2D eigenvalue weighted by atomic mass is 15.3. The molecule has 0 N–H and O–H groups in total. The fraction of sp³-hybridized carbons (Fsp3) is 0.556. The Bertz CT molecular complexity index is 436. The summed E-state index contributed by atoms with van der Waals surface area (Å²) in [7, 11) is 2.24. The number of hydrogen-bond acceptors (Lipinski definition) is 2. The van der Waals surface area contributed by atoms with E-state index in [9.17, 15) is 0 Å². The third kappa shape index (κ3) is 4.19. The fourth-order valence-corrected chi connectivity index (χ4v) is 3.02. The van der Waals surface area contributed by atoms with Crippen LogP contribution in [0, 0.1) is 5.92 Å². The first-order valence-corrected chi connectivity index (χ1v) is 7.71. The molecule has 0 spiro atoms. The number of hydrogen-bond donors (Lipinski definition) is 0. The zero-order valence-corrected chi connectivity index (χ0v) is 13.3. The Morgan fingerprint density at radius 3 is 2.60 bits per heavy atom. The predicted octanol–water partition coefficient (Wildman–Crippen LogP) is 3.36. The van der Waals surface area contributed by atoms with Gasteiger partial charge in [0, 0.05) is 32.2 Å². The molecule has 0 saturated carbocycles. The highest BCUT2D eigenvalue weighted by Crippen LogP contribution is 2.18. The molecule has 0 amide bonds. The van der Waals surface area contributed by atoms with Crippen molar-refractivity contribution in [2.45, 2.75) is 26.8 Å². The van der Waals surface area contributed by atoms with Crippen molar-refractivity contribution in [1.82, 2.24) is 9.80 Å². The number of rotatable bonds is 4. The van der Waals surface area contributed by atoms with Crippen LogP contribution < -0.4 is 0 Å². The van der Waals surface area contributed by atoms with Crippen molar-refractivity contribution < 1.29 is 0 Å². The quantitative estimate of drug-likeness (QED) is 0.829. The van der Waals surface area contributed by atoms with Gasteiger partial charge in [-0.15, -0.1) is 0 Å². The van der Waals surface area contributed by atoms with Crippen LogP contribution >= 0.6 is 0 Å². The van der Waals surface area contributed by atoms with Gasteiger partial charge >= 0.3 is 0 Å². The van der Waals surface area contributed by atoms with Gasteiger partial charge in [0.1, 0.15) is 0 Å². The maximum absolute atomic E-state index is 2.65. The van der Waals surface area contributed by atoms with Gasteiger partial charge < -0.3 is 4.90 Å². The Morgan fingerprint density at radius 2 is 1.95 bits per heavy atom. The second-order valence-corrected chi connectivity index (χ2v) is 6.45. The van der Waals surface area contributed by atoms with Crippen LogP contribution in [-0.4, -0.2) is 49.1 Å². The highest BCUT2D eigenvalue weighted by molar-refractivity contribution is 5.52. The van der Waals surface area contributed by atoms with Gasteiger partial charge in [-0.1, -0.05) is 55.8 Å². The Labute approximate surface area is 124 Å². The third-order valence-corrected chi connectivity index (χ3v) is 4.17. The van der Waals surface area contributed by atoms with Crippen LogP contribution in [0.15, 0.2) is 35.9 Å². The molecule has 20 heavy (non-hydrogen) atoms. The number of piperazine rings is 1. The van der Waals surface area contributed by atoms with Crippen molar-refractivity contribution in [3.63, 3.8) is 0 Å². The molecule has 1 fully saturated rings. The molecule has 2 heteroatoms. The Balaban J connectivity index is 2.02. The van der Waals surface area contributed by atoms with Crippen LogP contribution in [0.1, 0.15) is 26.3 Å². The third-order valence-electron chi connectivity index (χ3n) is 4.17. The lowest BCUT2D eigenvalue weighted by atomic mass is 9.99. The molecule has 0 aliphatic carbocycles. The first-order valence-electron chi connectivity index (χ1n) is 7.71. The minimum absolute atomic E-state index is 0.674. The summed E-state index contributed by atoms with van der Waals surface area (Å²) >= 11 is 0. The summed E-state index contributed by atoms with van der Waals surface area (Å²) < 4.78 is 0. The van der Waals surface area contributed by atoms with Crippen LogP contribution in [0.2, 0.25) is 0 Å². The lowest BCUT2D eigenvalue weighted by molar-refractivity contribution is 0.0713. The van der Waals surface area contributed by atoms with E-state index in [0.29, 0.717) is 12.0 Å². The first kappa shape index (κ1) is 15.3. The Morgan fingerprint density at radius 1 is 1.25 bits per heavy atom. The van der Waals surface area contributed by atoms with E-state index in [-0.39, 0.29) is 0 Å². The molecule has 2 rings (SSSR count). The first-order chi connectivity index (χ1) is 9.56. The number of benzene rings is 1. The monoisotopic (exact) mass is 272 g/mol. The van der Waals surface area contributed by atoms with Gasteiger partial charge in [-0.05, 0) is 25.5 Å². The van der Waals surface area contributed by atoms with E-state index >= 15 is 0 Å². The van der Waals surface area contributed by atoms with E-state index < -0.39 is 0 Å². The molecule has 0 bridgehead atoms. The summed E-state index contributed by atoms with van der Waals surface area (Å²) in [5.41, 5.74) is 2.76. The average molecular weight is 272 g/mol. The summed E-state index contributed by atoms with van der Waals surface area (Å²) in [5.74, 6) is 0.710. The number of nitrogens with zero attached hydrogens (tertiary/aromatic N) is 2. The maximum Gasteiger partial charge on any atom is 0.0249 e. The fourth-order valence-electron chi connectivity index (χ4n) is 3.02. The molecule has 1 aliphatic heterocycles. The van der Waals surface area contributed by atoms with Crippen LogP contribution in [0.4, 0.5) is 0 Å². The smallest absolute Gasteiger partial charge is 0.0249 e. The molecular formula is C18H28N2. The molecule has 2 nitrogen and oxygen atoms in total. The lowest BCUT2D eigenvalue weighted by Crippen LogP contribution is -2.54. The molecule has 1 heterocycles. The molecule has 1 aliphatic rings. The van der Waals surface area contributed by atoms with E-state index in [1.54, 1.807) is 0 Å². The molecule has 110 valence electrons. The van der Waals surface area contributed by atoms with Gasteiger partial charge in [-0.3, -0.25) is 4.90 Å². The summed E-state index contributed by atoms with van der Waals surface area (Å²) in [6.07, 6.45) is 2.32. The van der Waals surface area contributed by atoms with Crippen molar-refractivity contribution in [3.05, 3.63) is 41.5 Å². The molecule has 0 radical (unpaired) electrons. The SMILES string of the molecule is C/C(=C\c1ccccc1)CN1CCN(C)CC1C(C)C.